The molecule has 2 aliphatic heterocycles. The first-order chi connectivity index (χ1) is 15.4. The third-order valence-corrected chi connectivity index (χ3v) is 8.72. The molecule has 0 amide bonds. The Hall–Kier alpha value is -1.62. The minimum atomic E-state index is -0.231. The Morgan fingerprint density at radius 3 is 2.78 bits per heavy atom. The molecule has 0 saturated carbocycles. The van der Waals surface area contributed by atoms with Crippen molar-refractivity contribution < 1.29 is 9.84 Å². The van der Waals surface area contributed by atoms with Crippen molar-refractivity contribution in [2.45, 2.75) is 48.3 Å². The van der Waals surface area contributed by atoms with E-state index in [9.17, 15) is 5.11 Å². The van der Waals surface area contributed by atoms with E-state index in [1.54, 1.807) is 10.6 Å². The molecule has 2 aromatic heterocycles. The van der Waals surface area contributed by atoms with E-state index in [0.29, 0.717) is 38.8 Å². The number of nitrogens with two attached hydrogens (primary N) is 1. The number of aliphatic hydroxyl groups excluding tert-OH is 1. The second kappa shape index (κ2) is 8.62. The summed E-state index contributed by atoms with van der Waals surface area (Å²) < 4.78 is 7.57. The van der Waals surface area contributed by atoms with Gasteiger partial charge in [-0.3, -0.25) is 0 Å². The van der Waals surface area contributed by atoms with Crippen LogP contribution in [0.1, 0.15) is 25.5 Å². The van der Waals surface area contributed by atoms with Gasteiger partial charge < -0.3 is 20.5 Å². The average molecular weight is 495 g/mol. The molecule has 2 atom stereocenters. The summed E-state index contributed by atoms with van der Waals surface area (Å²) >= 11 is 13.9. The van der Waals surface area contributed by atoms with Crippen molar-refractivity contribution in [2.24, 2.45) is 11.1 Å². The van der Waals surface area contributed by atoms with Crippen LogP contribution in [0, 0.1) is 5.41 Å². The normalized spacial score (nSPS) is 22.8. The Labute approximate surface area is 200 Å². The fourth-order valence-electron chi connectivity index (χ4n) is 4.60. The Kier molecular flexibility index (Phi) is 5.98. The monoisotopic (exact) mass is 494 g/mol. The summed E-state index contributed by atoms with van der Waals surface area (Å²) in [5.41, 5.74) is 7.62. The van der Waals surface area contributed by atoms with E-state index in [1.807, 2.05) is 19.1 Å². The Bertz CT molecular complexity index is 1150. The lowest BCUT2D eigenvalue weighted by Gasteiger charge is -2.41. The van der Waals surface area contributed by atoms with E-state index >= 15 is 0 Å². The number of halogens is 2. The van der Waals surface area contributed by atoms with Gasteiger partial charge in [0.25, 0.3) is 0 Å². The van der Waals surface area contributed by atoms with Gasteiger partial charge in [0, 0.05) is 29.4 Å². The molecule has 2 unspecified atom stereocenters. The summed E-state index contributed by atoms with van der Waals surface area (Å²) in [5, 5.41) is 15.5. The fourth-order valence-corrected chi connectivity index (χ4v) is 6.10. The number of aliphatic hydroxyl groups is 1. The molecule has 1 aromatic carbocycles. The number of hydrogen-bond acceptors (Lipinski definition) is 8. The average Bonchev–Trinajstić information content (AvgIpc) is 3.39. The van der Waals surface area contributed by atoms with Crippen molar-refractivity contribution >= 4 is 46.6 Å². The highest BCUT2D eigenvalue weighted by Gasteiger charge is 2.47. The first-order valence-corrected chi connectivity index (χ1v) is 12.1. The highest BCUT2D eigenvalue weighted by atomic mass is 35.5. The lowest BCUT2D eigenvalue weighted by atomic mass is 9.73. The number of nitrogens with zero attached hydrogens (tertiary/aromatic N) is 5. The van der Waals surface area contributed by atoms with Gasteiger partial charge in [0.2, 0.25) is 5.95 Å². The van der Waals surface area contributed by atoms with Gasteiger partial charge in [0.1, 0.15) is 6.33 Å². The maximum atomic E-state index is 10.1. The molecule has 1 spiro atoms. The summed E-state index contributed by atoms with van der Waals surface area (Å²) in [7, 11) is 0. The minimum absolute atomic E-state index is 0.0102. The number of piperidine rings is 1. The predicted molar refractivity (Wildman–Crippen MR) is 125 cm³/mol. The number of hydrogen-bond donors (Lipinski definition) is 2. The number of anilines is 1. The van der Waals surface area contributed by atoms with Gasteiger partial charge >= 0.3 is 0 Å². The van der Waals surface area contributed by atoms with Crippen LogP contribution in [0.4, 0.5) is 5.95 Å². The molecule has 2 saturated heterocycles. The van der Waals surface area contributed by atoms with Crippen molar-refractivity contribution in [3.8, 4) is 0 Å². The van der Waals surface area contributed by atoms with E-state index in [1.165, 1.54) is 18.1 Å². The highest BCUT2D eigenvalue weighted by molar-refractivity contribution is 7.99. The summed E-state index contributed by atoms with van der Waals surface area (Å²) in [6, 6.07) is 5.48. The molecule has 5 rings (SSSR count). The summed E-state index contributed by atoms with van der Waals surface area (Å²) in [6.45, 7) is 4.08. The molecule has 170 valence electrons. The molecule has 2 fully saturated rings. The van der Waals surface area contributed by atoms with E-state index in [2.05, 4.69) is 15.0 Å². The van der Waals surface area contributed by atoms with Crippen LogP contribution < -0.4 is 10.6 Å². The molecule has 2 aliphatic rings. The van der Waals surface area contributed by atoms with E-state index in [4.69, 9.17) is 38.7 Å². The van der Waals surface area contributed by atoms with Crippen LogP contribution in [0.2, 0.25) is 10.0 Å². The predicted octanol–water partition coefficient (Wildman–Crippen LogP) is 3.41. The fraction of sp³-hybridized carbons (Fsp3) is 0.476. The lowest BCUT2D eigenvalue weighted by molar-refractivity contribution is 0.0973. The third-order valence-electron chi connectivity index (χ3n) is 6.60. The Morgan fingerprint density at radius 1 is 1.31 bits per heavy atom. The number of fused-ring (bicyclic) bond motifs is 1. The molecule has 3 N–H and O–H groups in total. The summed E-state index contributed by atoms with van der Waals surface area (Å²) in [5.74, 6) is 0.665. The van der Waals surface area contributed by atoms with Gasteiger partial charge in [-0.1, -0.05) is 41.0 Å². The van der Waals surface area contributed by atoms with Gasteiger partial charge in [0.05, 0.1) is 40.0 Å². The topological polar surface area (TPSA) is 102 Å². The van der Waals surface area contributed by atoms with Gasteiger partial charge in [-0.2, -0.15) is 9.61 Å². The van der Waals surface area contributed by atoms with Gasteiger partial charge in [-0.05, 0) is 31.9 Å². The Balaban J connectivity index is 1.48. The van der Waals surface area contributed by atoms with E-state index in [-0.39, 0.29) is 24.2 Å². The molecule has 0 aliphatic carbocycles. The zero-order valence-corrected chi connectivity index (χ0v) is 19.9. The number of aromatic nitrogens is 4. The van der Waals surface area contributed by atoms with Crippen molar-refractivity contribution in [3.63, 3.8) is 0 Å². The minimum Gasteiger partial charge on any atom is -0.390 e. The molecular formula is C21H24Cl2N6O2S. The standard InChI is InChI=1S/C21H24Cl2N6O2S/c1-12-18(24)21(10-31-12)5-7-28(8-6-21)20-27-14(9-30)17(19-25-11-26-29(19)20)32-15-4-2-3-13(22)16(15)23/h2-4,11-12,18,30H,5-10,24H2,1H3. The first kappa shape index (κ1) is 22.2. The molecule has 11 heteroatoms. The van der Waals surface area contributed by atoms with Gasteiger partial charge in [-0.15, -0.1) is 0 Å². The van der Waals surface area contributed by atoms with Crippen molar-refractivity contribution in [1.82, 2.24) is 19.6 Å². The highest BCUT2D eigenvalue weighted by Crippen LogP contribution is 2.43. The van der Waals surface area contributed by atoms with Crippen LogP contribution in [-0.2, 0) is 11.3 Å². The molecule has 0 radical (unpaired) electrons. The number of benzene rings is 1. The van der Waals surface area contributed by atoms with Crippen molar-refractivity contribution in [3.05, 3.63) is 40.3 Å². The van der Waals surface area contributed by atoms with Crippen LogP contribution >= 0.6 is 35.0 Å². The van der Waals surface area contributed by atoms with Crippen LogP contribution in [0.5, 0.6) is 0 Å². The second-order valence-corrected chi connectivity index (χ2v) is 10.2. The van der Waals surface area contributed by atoms with Crippen LogP contribution in [0.15, 0.2) is 34.3 Å². The Morgan fingerprint density at radius 2 is 2.09 bits per heavy atom. The lowest BCUT2D eigenvalue weighted by Crippen LogP contribution is -2.51. The smallest absolute Gasteiger partial charge is 0.228 e. The zero-order valence-electron chi connectivity index (χ0n) is 17.5. The number of rotatable bonds is 4. The summed E-state index contributed by atoms with van der Waals surface area (Å²) in [6.07, 6.45) is 3.41. The quantitative estimate of drug-likeness (QED) is 0.568. The van der Waals surface area contributed by atoms with Crippen LogP contribution in [-0.4, -0.2) is 56.5 Å². The van der Waals surface area contributed by atoms with Gasteiger partial charge in [0.15, 0.2) is 5.65 Å². The molecule has 32 heavy (non-hydrogen) atoms. The largest absolute Gasteiger partial charge is 0.390 e. The molecule has 3 aromatic rings. The third kappa shape index (κ3) is 3.65. The SMILES string of the molecule is CC1OCC2(CCN(c3nc(CO)c(Sc4cccc(Cl)c4Cl)c4ncnn34)CC2)C1N. The first-order valence-electron chi connectivity index (χ1n) is 10.5. The van der Waals surface area contributed by atoms with Crippen LogP contribution in [0.3, 0.4) is 0 Å². The van der Waals surface area contributed by atoms with E-state index in [0.717, 1.165) is 30.8 Å². The maximum Gasteiger partial charge on any atom is 0.228 e. The molecule has 0 bridgehead atoms. The molecular weight excluding hydrogens is 471 g/mol. The maximum absolute atomic E-state index is 10.1. The van der Waals surface area contributed by atoms with Gasteiger partial charge in [-0.25, -0.2) is 9.97 Å². The molecule has 8 nitrogen and oxygen atoms in total. The van der Waals surface area contributed by atoms with Crippen molar-refractivity contribution in [1.29, 1.82) is 0 Å². The zero-order chi connectivity index (χ0) is 22.5. The number of ether oxygens (including phenoxy) is 1. The van der Waals surface area contributed by atoms with Crippen LogP contribution in [0.25, 0.3) is 5.65 Å². The second-order valence-electron chi connectivity index (χ2n) is 8.39. The van der Waals surface area contributed by atoms with Crippen molar-refractivity contribution in [2.75, 3.05) is 24.6 Å². The van der Waals surface area contributed by atoms with E-state index < -0.39 is 0 Å². The molecule has 4 heterocycles. The summed E-state index contributed by atoms with van der Waals surface area (Å²) in [4.78, 5) is 12.9.